The maximum Gasteiger partial charge on any atom is 0.345 e. The van der Waals surface area contributed by atoms with Crippen molar-refractivity contribution in [2.45, 2.75) is 40.2 Å². The van der Waals surface area contributed by atoms with E-state index in [-0.39, 0.29) is 17.1 Å². The molecule has 0 amide bonds. The van der Waals surface area contributed by atoms with Gasteiger partial charge in [-0.1, -0.05) is 41.7 Å². The van der Waals surface area contributed by atoms with Crippen molar-refractivity contribution in [1.82, 2.24) is 0 Å². The minimum Gasteiger partial charge on any atom is -0.481 e. The summed E-state index contributed by atoms with van der Waals surface area (Å²) >= 11 is 0. The van der Waals surface area contributed by atoms with Gasteiger partial charge in [-0.15, -0.1) is 0 Å². The fourth-order valence-corrected chi connectivity index (χ4v) is 5.94. The fraction of sp³-hybridized carbons (Fsp3) is 0.233. The lowest BCUT2D eigenvalue weighted by atomic mass is 10.1. The first-order valence-electron chi connectivity index (χ1n) is 11.3. The molecule has 0 bridgehead atoms. The Balaban J connectivity index is 1.45. The highest BCUT2D eigenvalue weighted by Gasteiger charge is 2.22. The van der Waals surface area contributed by atoms with Crippen LogP contribution in [0.1, 0.15) is 36.1 Å². The number of benzene rings is 3. The Labute approximate surface area is 204 Å². The van der Waals surface area contributed by atoms with Gasteiger partial charge in [0.2, 0.25) is 0 Å². The van der Waals surface area contributed by atoms with E-state index in [2.05, 4.69) is 60.5 Å². The average molecular weight is 470 g/mol. The first-order chi connectivity index (χ1) is 16.2. The average Bonchev–Trinajstić information content (AvgIpc) is 3.20. The molecule has 1 unspecified atom stereocenters. The standard InChI is InChI=1S/C30H29O3S/c1-21-11-12-27-25(17-21)14-16-34(27)26-18-22(2)29(23(3)19-26)32-20-28(31)33-30(4,5)15-13-24-9-7-6-8-10-24/h6-12,14,16-19H,20H2,1-5H3/q+1. The second kappa shape index (κ2) is 9.75. The Morgan fingerprint density at radius 3 is 2.35 bits per heavy atom. The van der Waals surface area contributed by atoms with Crippen LogP contribution in [0.3, 0.4) is 0 Å². The molecule has 0 spiro atoms. The first kappa shape index (κ1) is 23.6. The minimum absolute atomic E-state index is 0.0901. The number of esters is 1. The number of carbonyl (C=O) groups is 1. The Hall–Kier alpha value is -3.55. The molecule has 0 saturated carbocycles. The van der Waals surface area contributed by atoms with Crippen LogP contribution < -0.4 is 4.74 Å². The Kier molecular flexibility index (Phi) is 6.77. The van der Waals surface area contributed by atoms with Crippen LogP contribution in [-0.2, 0) is 9.53 Å². The Morgan fingerprint density at radius 2 is 1.65 bits per heavy atom. The zero-order valence-electron chi connectivity index (χ0n) is 20.3. The van der Waals surface area contributed by atoms with Crippen LogP contribution in [0, 0.1) is 32.6 Å². The molecule has 0 N–H and O–H groups in total. The van der Waals surface area contributed by atoms with Gasteiger partial charge in [-0.3, -0.25) is 0 Å². The van der Waals surface area contributed by atoms with E-state index >= 15 is 0 Å². The molecular weight excluding hydrogens is 440 g/mol. The van der Waals surface area contributed by atoms with Crippen molar-refractivity contribution in [3.8, 4) is 22.5 Å². The van der Waals surface area contributed by atoms with Gasteiger partial charge in [0.1, 0.15) is 11.1 Å². The van der Waals surface area contributed by atoms with E-state index in [4.69, 9.17) is 9.47 Å². The topological polar surface area (TPSA) is 35.5 Å². The maximum atomic E-state index is 12.5. The van der Waals surface area contributed by atoms with Crippen molar-refractivity contribution in [1.29, 1.82) is 0 Å². The van der Waals surface area contributed by atoms with E-state index in [0.717, 1.165) is 22.4 Å². The molecule has 0 aliphatic rings. The molecule has 3 nitrogen and oxygen atoms in total. The summed E-state index contributed by atoms with van der Waals surface area (Å²) in [6.07, 6.45) is 0. The molecule has 1 heterocycles. The second-order valence-electron chi connectivity index (χ2n) is 8.96. The van der Waals surface area contributed by atoms with Gasteiger partial charge in [-0.25, -0.2) is 4.79 Å². The van der Waals surface area contributed by atoms with E-state index in [1.54, 1.807) is 13.8 Å². The zero-order chi connectivity index (χ0) is 24.3. The molecule has 34 heavy (non-hydrogen) atoms. The fourth-order valence-electron chi connectivity index (χ4n) is 3.90. The van der Waals surface area contributed by atoms with Gasteiger partial charge in [0.05, 0.1) is 0 Å². The van der Waals surface area contributed by atoms with E-state index in [1.807, 2.05) is 44.2 Å². The lowest BCUT2D eigenvalue weighted by Crippen LogP contribution is -2.29. The molecule has 1 atom stereocenters. The van der Waals surface area contributed by atoms with E-state index in [1.165, 1.54) is 20.5 Å². The second-order valence-corrected chi connectivity index (χ2v) is 10.8. The van der Waals surface area contributed by atoms with E-state index < -0.39 is 11.6 Å². The molecule has 0 aliphatic heterocycles. The maximum absolute atomic E-state index is 12.5. The monoisotopic (exact) mass is 469 g/mol. The van der Waals surface area contributed by atoms with Crippen molar-refractivity contribution < 1.29 is 14.3 Å². The number of ether oxygens (including phenoxy) is 2. The quantitative estimate of drug-likeness (QED) is 0.175. The molecule has 4 aromatic rings. The van der Waals surface area contributed by atoms with Crippen molar-refractivity contribution in [2.75, 3.05) is 6.61 Å². The molecule has 0 radical (unpaired) electrons. The summed E-state index contributed by atoms with van der Waals surface area (Å²) in [6.45, 7) is 9.55. The van der Waals surface area contributed by atoms with Crippen LogP contribution in [0.2, 0.25) is 0 Å². The van der Waals surface area contributed by atoms with Gasteiger partial charge in [-0.05, 0) is 70.0 Å². The molecule has 4 heteroatoms. The minimum atomic E-state index is -0.911. The number of thiophene rings is 1. The third-order valence-electron chi connectivity index (χ3n) is 5.46. The van der Waals surface area contributed by atoms with Gasteiger partial charge in [-0.2, -0.15) is 0 Å². The predicted molar refractivity (Wildman–Crippen MR) is 141 cm³/mol. The lowest BCUT2D eigenvalue weighted by Gasteiger charge is -2.19. The summed E-state index contributed by atoms with van der Waals surface area (Å²) in [5.41, 5.74) is 3.25. The molecule has 0 aliphatic carbocycles. The predicted octanol–water partition coefficient (Wildman–Crippen LogP) is 7.26. The molecule has 0 fully saturated rings. The summed E-state index contributed by atoms with van der Waals surface area (Å²) in [5, 5.41) is 3.56. The SMILES string of the molecule is Cc1ccc2c(cc[s+]2-c2cc(C)c(OCC(=O)OC(C)(C)C#Cc3ccccc3)c(C)c2)c1. The molecule has 4 rings (SSSR count). The van der Waals surface area contributed by atoms with Crippen molar-refractivity contribution in [3.63, 3.8) is 0 Å². The van der Waals surface area contributed by atoms with Gasteiger partial charge in [0.25, 0.3) is 0 Å². The summed E-state index contributed by atoms with van der Waals surface area (Å²) in [6, 6.07) is 22.8. The number of hydrogen-bond donors (Lipinski definition) is 0. The van der Waals surface area contributed by atoms with Crippen LogP contribution in [-0.4, -0.2) is 18.2 Å². The summed E-state index contributed by atoms with van der Waals surface area (Å²) in [5.74, 6) is 6.36. The molecular formula is C30H29O3S+. The highest BCUT2D eigenvalue weighted by Crippen LogP contribution is 2.42. The van der Waals surface area contributed by atoms with Gasteiger partial charge in [0, 0.05) is 39.6 Å². The number of aryl methyl sites for hydroxylation is 3. The summed E-state index contributed by atoms with van der Waals surface area (Å²) < 4.78 is 12.8. The van der Waals surface area contributed by atoms with Crippen molar-refractivity contribution in [3.05, 3.63) is 94.4 Å². The number of rotatable bonds is 5. The molecule has 172 valence electrons. The first-order valence-corrected chi connectivity index (χ1v) is 12.6. The van der Waals surface area contributed by atoms with Crippen LogP contribution in [0.25, 0.3) is 15.0 Å². The Bertz CT molecular complexity index is 1380. The highest BCUT2D eigenvalue weighted by molar-refractivity contribution is 7.43. The highest BCUT2D eigenvalue weighted by atomic mass is 32.2. The molecule has 0 saturated heterocycles. The van der Waals surface area contributed by atoms with Crippen LogP contribution >= 0.6 is 10.5 Å². The number of fused-ring (bicyclic) bond motifs is 1. The third kappa shape index (κ3) is 5.50. The van der Waals surface area contributed by atoms with Crippen LogP contribution in [0.5, 0.6) is 5.75 Å². The normalized spacial score (nSPS) is 11.6. The van der Waals surface area contributed by atoms with Crippen molar-refractivity contribution >= 4 is 26.5 Å². The molecule has 1 aromatic heterocycles. The largest absolute Gasteiger partial charge is 0.481 e. The van der Waals surface area contributed by atoms with Gasteiger partial charge < -0.3 is 9.47 Å². The van der Waals surface area contributed by atoms with Gasteiger partial charge >= 0.3 is 5.97 Å². The summed E-state index contributed by atoms with van der Waals surface area (Å²) in [7, 11) is -0.0901. The number of hydrogen-bond acceptors (Lipinski definition) is 3. The van der Waals surface area contributed by atoms with E-state index in [0.29, 0.717) is 0 Å². The van der Waals surface area contributed by atoms with E-state index in [9.17, 15) is 4.79 Å². The van der Waals surface area contributed by atoms with Gasteiger partial charge in [0.15, 0.2) is 21.8 Å². The Morgan fingerprint density at radius 1 is 0.941 bits per heavy atom. The zero-order valence-corrected chi connectivity index (χ0v) is 21.1. The van der Waals surface area contributed by atoms with Crippen LogP contribution in [0.4, 0.5) is 0 Å². The molecule has 3 aromatic carbocycles. The third-order valence-corrected chi connectivity index (χ3v) is 7.46. The van der Waals surface area contributed by atoms with Crippen molar-refractivity contribution in [2.24, 2.45) is 0 Å². The summed E-state index contributed by atoms with van der Waals surface area (Å²) in [4.78, 5) is 13.7. The smallest absolute Gasteiger partial charge is 0.345 e. The van der Waals surface area contributed by atoms with Crippen LogP contribution in [0.15, 0.2) is 72.1 Å². The lowest BCUT2D eigenvalue weighted by molar-refractivity contribution is -0.154. The number of carbonyl (C=O) groups excluding carboxylic acids is 1.